The zero-order valence-electron chi connectivity index (χ0n) is 32.2. The molecule has 0 aliphatic rings. The topological polar surface area (TPSA) is 64.6 Å². The average Bonchev–Trinajstić information content (AvgIpc) is 3.07. The van der Waals surface area contributed by atoms with Crippen molar-refractivity contribution in [1.29, 1.82) is 0 Å². The number of unbranched alkanes of at least 4 members (excludes halogenated alkanes) is 24. The van der Waals surface area contributed by atoms with Gasteiger partial charge < -0.3 is 14.8 Å². The van der Waals surface area contributed by atoms with Crippen molar-refractivity contribution in [3.63, 3.8) is 0 Å². The minimum Gasteiger partial charge on any atom is -0.466 e. The van der Waals surface area contributed by atoms with Gasteiger partial charge in [-0.15, -0.1) is 0 Å². The van der Waals surface area contributed by atoms with Gasteiger partial charge in [0.2, 0.25) is 0 Å². The lowest BCUT2D eigenvalue weighted by Gasteiger charge is -2.18. The van der Waals surface area contributed by atoms with Gasteiger partial charge in [-0.05, 0) is 70.9 Å². The molecule has 5 heteroatoms. The van der Waals surface area contributed by atoms with Gasteiger partial charge in [-0.25, -0.2) is 0 Å². The first-order chi connectivity index (χ1) is 23.1. The third kappa shape index (κ3) is 37.6. The maximum atomic E-state index is 12.6. The molecule has 0 unspecified atom stereocenters. The van der Waals surface area contributed by atoms with E-state index >= 15 is 0 Å². The summed E-state index contributed by atoms with van der Waals surface area (Å²) >= 11 is 0. The van der Waals surface area contributed by atoms with Crippen LogP contribution in [-0.2, 0) is 19.1 Å². The summed E-state index contributed by atoms with van der Waals surface area (Å²) in [6.07, 6.45) is 39.2. The largest absolute Gasteiger partial charge is 0.466 e. The molecule has 0 spiro atoms. The van der Waals surface area contributed by atoms with Crippen LogP contribution in [0.15, 0.2) is 0 Å². The number of ether oxygens (including phenoxy) is 2. The molecular formula is C42H83NO4. The van der Waals surface area contributed by atoms with Gasteiger partial charge >= 0.3 is 11.9 Å². The van der Waals surface area contributed by atoms with Crippen LogP contribution in [0.4, 0.5) is 0 Å². The Kier molecular flexibility index (Phi) is 38.4. The molecule has 1 N–H and O–H groups in total. The highest BCUT2D eigenvalue weighted by molar-refractivity contribution is 5.69. The first-order valence-electron chi connectivity index (χ1n) is 21.2. The molecule has 0 saturated heterocycles. The van der Waals surface area contributed by atoms with Crippen LogP contribution in [0, 0.1) is 0 Å². The number of carbonyl (C=O) groups is 2. The van der Waals surface area contributed by atoms with E-state index in [0.717, 1.165) is 64.5 Å². The quantitative estimate of drug-likeness (QED) is 0.0523. The monoisotopic (exact) mass is 666 g/mol. The second-order valence-electron chi connectivity index (χ2n) is 14.4. The van der Waals surface area contributed by atoms with Gasteiger partial charge in [0.15, 0.2) is 0 Å². The summed E-state index contributed by atoms with van der Waals surface area (Å²) in [5, 5.41) is 3.55. The van der Waals surface area contributed by atoms with Crippen LogP contribution in [0.3, 0.4) is 0 Å². The first kappa shape index (κ1) is 45.9. The Morgan fingerprint density at radius 1 is 0.426 bits per heavy atom. The summed E-state index contributed by atoms with van der Waals surface area (Å²) in [6.45, 7) is 9.47. The Hall–Kier alpha value is -1.10. The molecule has 47 heavy (non-hydrogen) atoms. The van der Waals surface area contributed by atoms with E-state index < -0.39 is 0 Å². The highest BCUT2D eigenvalue weighted by Crippen LogP contribution is 2.18. The highest BCUT2D eigenvalue weighted by Gasteiger charge is 2.14. The molecule has 0 atom stereocenters. The van der Waals surface area contributed by atoms with Crippen molar-refractivity contribution in [2.75, 3.05) is 19.7 Å². The summed E-state index contributed by atoms with van der Waals surface area (Å²) in [7, 11) is 0. The van der Waals surface area contributed by atoms with E-state index in [1.54, 1.807) is 0 Å². The molecule has 0 aromatic heterocycles. The molecule has 0 aliphatic carbocycles. The fraction of sp³-hybridized carbons (Fsp3) is 0.952. The average molecular weight is 666 g/mol. The molecule has 0 heterocycles. The van der Waals surface area contributed by atoms with E-state index in [1.807, 2.05) is 0 Å². The molecule has 0 radical (unpaired) electrons. The third-order valence-electron chi connectivity index (χ3n) is 9.54. The second kappa shape index (κ2) is 39.3. The molecule has 280 valence electrons. The normalized spacial score (nSPS) is 11.4. The van der Waals surface area contributed by atoms with Gasteiger partial charge in [0.1, 0.15) is 6.10 Å². The summed E-state index contributed by atoms with van der Waals surface area (Å²) in [5.41, 5.74) is 0. The maximum Gasteiger partial charge on any atom is 0.306 e. The van der Waals surface area contributed by atoms with Gasteiger partial charge in [0, 0.05) is 12.8 Å². The van der Waals surface area contributed by atoms with Crippen molar-refractivity contribution in [2.24, 2.45) is 0 Å². The van der Waals surface area contributed by atoms with Crippen LogP contribution in [0.5, 0.6) is 0 Å². The van der Waals surface area contributed by atoms with Crippen molar-refractivity contribution in [3.05, 3.63) is 0 Å². The van der Waals surface area contributed by atoms with Crippen molar-refractivity contribution in [3.8, 4) is 0 Å². The third-order valence-corrected chi connectivity index (χ3v) is 9.54. The van der Waals surface area contributed by atoms with Crippen molar-refractivity contribution >= 4 is 11.9 Å². The van der Waals surface area contributed by atoms with E-state index in [4.69, 9.17) is 9.47 Å². The maximum absolute atomic E-state index is 12.6. The molecule has 0 saturated carbocycles. The van der Waals surface area contributed by atoms with Crippen LogP contribution in [-0.4, -0.2) is 37.7 Å². The summed E-state index contributed by atoms with van der Waals surface area (Å²) < 4.78 is 11.4. The fourth-order valence-corrected chi connectivity index (χ4v) is 6.35. The van der Waals surface area contributed by atoms with E-state index in [1.165, 1.54) is 148 Å². The zero-order valence-corrected chi connectivity index (χ0v) is 32.2. The van der Waals surface area contributed by atoms with Crippen LogP contribution in [0.25, 0.3) is 0 Å². The minimum absolute atomic E-state index is 0.0214. The van der Waals surface area contributed by atoms with Crippen LogP contribution in [0.1, 0.15) is 233 Å². The summed E-state index contributed by atoms with van der Waals surface area (Å²) in [4.78, 5) is 24.5. The van der Waals surface area contributed by atoms with Crippen molar-refractivity contribution in [1.82, 2.24) is 5.32 Å². The lowest BCUT2D eigenvalue weighted by molar-refractivity contribution is -0.150. The van der Waals surface area contributed by atoms with Crippen molar-refractivity contribution < 1.29 is 19.1 Å². The van der Waals surface area contributed by atoms with Gasteiger partial charge in [0.25, 0.3) is 0 Å². The molecule has 0 rings (SSSR count). The fourth-order valence-electron chi connectivity index (χ4n) is 6.35. The van der Waals surface area contributed by atoms with Gasteiger partial charge in [-0.1, -0.05) is 162 Å². The van der Waals surface area contributed by atoms with Gasteiger partial charge in [0.05, 0.1) is 6.61 Å². The molecule has 0 aromatic carbocycles. The standard InChI is InChI=1S/C42H83NO4/c1-4-7-10-13-16-17-18-24-32-39-46-41(44)35-29-25-31-38-43-37-30-23-19-22-28-36-42(45)47-40(33-26-20-14-11-8-5-2)34-27-21-15-12-9-6-3/h40,43H,4-39H2,1-3H3. The minimum atomic E-state index is -0.0214. The lowest BCUT2D eigenvalue weighted by Crippen LogP contribution is -2.18. The van der Waals surface area contributed by atoms with E-state index in [2.05, 4.69) is 26.1 Å². The number of rotatable bonds is 39. The number of nitrogens with one attached hydrogen (secondary N) is 1. The Balaban J connectivity index is 3.65. The number of hydrogen-bond donors (Lipinski definition) is 1. The Morgan fingerprint density at radius 3 is 1.28 bits per heavy atom. The number of hydrogen-bond acceptors (Lipinski definition) is 5. The molecule has 0 bridgehead atoms. The van der Waals surface area contributed by atoms with Crippen LogP contribution < -0.4 is 5.32 Å². The summed E-state index contributed by atoms with van der Waals surface area (Å²) in [5.74, 6) is 0.00707. The highest BCUT2D eigenvalue weighted by atomic mass is 16.5. The molecule has 0 amide bonds. The predicted molar refractivity (Wildman–Crippen MR) is 203 cm³/mol. The second-order valence-corrected chi connectivity index (χ2v) is 14.4. The van der Waals surface area contributed by atoms with E-state index in [0.29, 0.717) is 19.4 Å². The number of esters is 2. The lowest BCUT2D eigenvalue weighted by atomic mass is 10.0. The smallest absolute Gasteiger partial charge is 0.306 e. The number of carbonyl (C=O) groups excluding carboxylic acids is 2. The van der Waals surface area contributed by atoms with E-state index in [-0.39, 0.29) is 18.0 Å². The Labute approximate surface area is 294 Å². The van der Waals surface area contributed by atoms with Crippen LogP contribution in [0.2, 0.25) is 0 Å². The molecule has 0 fully saturated rings. The molecular weight excluding hydrogens is 582 g/mol. The molecule has 5 nitrogen and oxygen atoms in total. The van der Waals surface area contributed by atoms with Crippen LogP contribution >= 0.6 is 0 Å². The van der Waals surface area contributed by atoms with E-state index in [9.17, 15) is 9.59 Å². The Morgan fingerprint density at radius 2 is 0.787 bits per heavy atom. The molecule has 0 aliphatic heterocycles. The SMILES string of the molecule is CCCCCCCCCCCOC(=O)CCCCCNCCCCCCCC(=O)OC(CCCCCCCC)CCCCCCCC. The molecule has 0 aromatic rings. The van der Waals surface area contributed by atoms with Crippen molar-refractivity contribution in [2.45, 2.75) is 239 Å². The summed E-state index contributed by atoms with van der Waals surface area (Å²) in [6, 6.07) is 0. The zero-order chi connectivity index (χ0) is 34.3. The van der Waals surface area contributed by atoms with Gasteiger partial charge in [-0.3, -0.25) is 9.59 Å². The Bertz CT molecular complexity index is 624. The predicted octanol–water partition coefficient (Wildman–Crippen LogP) is 13.0. The van der Waals surface area contributed by atoms with Gasteiger partial charge in [-0.2, -0.15) is 0 Å². The first-order valence-corrected chi connectivity index (χ1v) is 21.2.